The molecule has 1 aromatic carbocycles. The van der Waals surface area contributed by atoms with Gasteiger partial charge in [-0.25, -0.2) is 15.0 Å². The van der Waals surface area contributed by atoms with Gasteiger partial charge in [-0.2, -0.15) is 5.26 Å². The highest BCUT2D eigenvalue weighted by atomic mass is 16.5. The summed E-state index contributed by atoms with van der Waals surface area (Å²) >= 11 is 0. The second-order valence-electron chi connectivity index (χ2n) is 8.83. The summed E-state index contributed by atoms with van der Waals surface area (Å²) in [7, 11) is 0. The molecule has 9 nitrogen and oxygen atoms in total. The van der Waals surface area contributed by atoms with E-state index < -0.39 is 0 Å². The average Bonchev–Trinajstić information content (AvgIpc) is 3.35. The maximum atomic E-state index is 8.98. The minimum absolute atomic E-state index is 0.196. The molecule has 0 unspecified atom stereocenters. The van der Waals surface area contributed by atoms with E-state index in [2.05, 4.69) is 49.4 Å². The van der Waals surface area contributed by atoms with Crippen molar-refractivity contribution in [2.24, 2.45) is 0 Å². The molecule has 1 N–H and O–H groups in total. The van der Waals surface area contributed by atoms with Gasteiger partial charge in [-0.05, 0) is 30.5 Å². The number of nitriles is 1. The summed E-state index contributed by atoms with van der Waals surface area (Å²) in [6.45, 7) is 3.40. The first-order valence-corrected chi connectivity index (χ1v) is 11.7. The summed E-state index contributed by atoms with van der Waals surface area (Å²) < 4.78 is 7.83. The van der Waals surface area contributed by atoms with E-state index in [0.29, 0.717) is 12.8 Å². The van der Waals surface area contributed by atoms with Crippen LogP contribution in [0.15, 0.2) is 61.2 Å². The molecule has 0 amide bonds. The second kappa shape index (κ2) is 9.16. The van der Waals surface area contributed by atoms with Crippen LogP contribution < -0.4 is 10.1 Å². The highest BCUT2D eigenvalue weighted by Gasteiger charge is 2.21. The Labute approximate surface area is 203 Å². The van der Waals surface area contributed by atoms with E-state index in [-0.39, 0.29) is 5.82 Å². The number of fused-ring (bicyclic) bond motifs is 3. The van der Waals surface area contributed by atoms with Crippen LogP contribution in [0.3, 0.4) is 0 Å². The molecule has 174 valence electrons. The number of piperidine rings is 1. The summed E-state index contributed by atoms with van der Waals surface area (Å²) in [6, 6.07) is 14.7. The Hall–Kier alpha value is -4.29. The van der Waals surface area contributed by atoms with Gasteiger partial charge in [0, 0.05) is 56.0 Å². The molecule has 35 heavy (non-hydrogen) atoms. The van der Waals surface area contributed by atoms with E-state index in [1.54, 1.807) is 18.6 Å². The number of nitrogens with zero attached hydrogens (tertiary/aromatic N) is 7. The summed E-state index contributed by atoms with van der Waals surface area (Å²) in [5.74, 6) is 2.63. The molecule has 9 heteroatoms. The van der Waals surface area contributed by atoms with Gasteiger partial charge in [-0.1, -0.05) is 24.3 Å². The van der Waals surface area contributed by atoms with Gasteiger partial charge >= 0.3 is 0 Å². The normalized spacial score (nSPS) is 15.5. The molecule has 0 radical (unpaired) electrons. The zero-order valence-electron chi connectivity index (χ0n) is 19.1. The van der Waals surface area contributed by atoms with Crippen molar-refractivity contribution < 1.29 is 4.74 Å². The van der Waals surface area contributed by atoms with Crippen LogP contribution in [-0.2, 0) is 13.3 Å². The van der Waals surface area contributed by atoms with Crippen LogP contribution in [0.1, 0.15) is 24.2 Å². The Morgan fingerprint density at radius 1 is 1.06 bits per heavy atom. The molecule has 1 saturated heterocycles. The largest absolute Gasteiger partial charge is 0.472 e. The number of hydrogen-bond acceptors (Lipinski definition) is 8. The molecule has 3 aromatic heterocycles. The molecule has 0 bridgehead atoms. The molecular weight excluding hydrogens is 440 g/mol. The summed E-state index contributed by atoms with van der Waals surface area (Å²) in [4.78, 5) is 19.7. The predicted octanol–water partition coefficient (Wildman–Crippen LogP) is 3.70. The number of likely N-dealkylation sites (tertiary alicyclic amines) is 1. The highest BCUT2D eigenvalue weighted by Crippen LogP contribution is 2.34. The number of aromatic nitrogens is 5. The van der Waals surface area contributed by atoms with Crippen molar-refractivity contribution in [3.05, 3.63) is 72.6 Å². The number of benzene rings is 1. The number of imidazole rings is 1. The zero-order valence-corrected chi connectivity index (χ0v) is 19.1. The van der Waals surface area contributed by atoms with Gasteiger partial charge in [0.2, 0.25) is 5.82 Å². The van der Waals surface area contributed by atoms with E-state index in [4.69, 9.17) is 15.0 Å². The van der Waals surface area contributed by atoms with E-state index in [0.717, 1.165) is 66.7 Å². The lowest BCUT2D eigenvalue weighted by Crippen LogP contribution is -2.38. The molecule has 0 atom stereocenters. The quantitative estimate of drug-likeness (QED) is 0.477. The molecule has 0 saturated carbocycles. The lowest BCUT2D eigenvalue weighted by molar-refractivity contribution is 0.211. The van der Waals surface area contributed by atoms with Gasteiger partial charge < -0.3 is 10.1 Å². The lowest BCUT2D eigenvalue weighted by Gasteiger charge is -2.32. The van der Waals surface area contributed by atoms with Crippen molar-refractivity contribution in [2.75, 3.05) is 18.4 Å². The number of nitrogens with one attached hydrogen (secondary N) is 1. The summed E-state index contributed by atoms with van der Waals surface area (Å²) in [6.07, 6.45) is 9.26. The Kier molecular flexibility index (Phi) is 5.56. The minimum Gasteiger partial charge on any atom is -0.472 e. The van der Waals surface area contributed by atoms with Gasteiger partial charge in [-0.15, -0.1) is 0 Å². The molecule has 2 aliphatic heterocycles. The van der Waals surface area contributed by atoms with Crippen LogP contribution in [0.4, 0.5) is 5.82 Å². The predicted molar refractivity (Wildman–Crippen MR) is 130 cm³/mol. The smallest absolute Gasteiger partial charge is 0.234 e. The first-order chi connectivity index (χ1) is 17.2. The van der Waals surface area contributed by atoms with Crippen molar-refractivity contribution in [1.82, 2.24) is 29.4 Å². The third-order valence-corrected chi connectivity index (χ3v) is 6.51. The zero-order chi connectivity index (χ0) is 23.6. The average molecular weight is 465 g/mol. The maximum absolute atomic E-state index is 8.98. The minimum atomic E-state index is 0.196. The van der Waals surface area contributed by atoms with E-state index >= 15 is 0 Å². The third-order valence-electron chi connectivity index (χ3n) is 6.51. The van der Waals surface area contributed by atoms with Crippen LogP contribution in [0.2, 0.25) is 0 Å². The fraction of sp³-hybridized carbons (Fsp3) is 0.269. The molecule has 1 fully saturated rings. The molecule has 0 spiro atoms. The van der Waals surface area contributed by atoms with Crippen LogP contribution in [0.5, 0.6) is 5.75 Å². The Morgan fingerprint density at radius 3 is 2.74 bits per heavy atom. The van der Waals surface area contributed by atoms with Crippen LogP contribution in [-0.4, -0.2) is 48.5 Å². The van der Waals surface area contributed by atoms with Crippen molar-refractivity contribution in [1.29, 1.82) is 5.26 Å². The molecule has 4 aromatic rings. The van der Waals surface area contributed by atoms with Crippen molar-refractivity contribution >= 4 is 5.82 Å². The molecule has 6 rings (SSSR count). The Bertz CT molecular complexity index is 1380. The van der Waals surface area contributed by atoms with Crippen molar-refractivity contribution in [3.8, 4) is 34.5 Å². The summed E-state index contributed by atoms with van der Waals surface area (Å²) in [5.41, 5.74) is 4.23. The third kappa shape index (κ3) is 4.44. The number of rotatable bonds is 5. The Balaban J connectivity index is 1.07. The molecule has 2 aliphatic rings. The first-order valence-electron chi connectivity index (χ1n) is 11.7. The monoisotopic (exact) mass is 464 g/mol. The SMILES string of the molecule is N#Cc1nccc(NC2CCN(Cc3ccc(-c4cn5c(n4)-c4cnccc4OC5)cc3)CC2)n1. The van der Waals surface area contributed by atoms with E-state index in [1.807, 2.05) is 29.0 Å². The number of ether oxygens (including phenoxy) is 1. The van der Waals surface area contributed by atoms with Crippen LogP contribution >= 0.6 is 0 Å². The van der Waals surface area contributed by atoms with Crippen LogP contribution in [0, 0.1) is 11.3 Å². The maximum Gasteiger partial charge on any atom is 0.234 e. The van der Waals surface area contributed by atoms with Gasteiger partial charge in [0.25, 0.3) is 0 Å². The fourth-order valence-corrected chi connectivity index (χ4v) is 4.66. The summed E-state index contributed by atoms with van der Waals surface area (Å²) in [5, 5.41) is 12.4. The molecule has 0 aliphatic carbocycles. The van der Waals surface area contributed by atoms with Crippen molar-refractivity contribution in [3.63, 3.8) is 0 Å². The van der Waals surface area contributed by atoms with Gasteiger partial charge in [0.1, 0.15) is 23.5 Å². The number of pyridine rings is 1. The number of hydrogen-bond donors (Lipinski definition) is 1. The molecular formula is C26H24N8O. The standard InChI is InChI=1S/C26H24N8O/c27-13-25-29-10-6-24(32-25)30-20-7-11-33(12-8-20)15-18-1-3-19(4-2-18)22-16-34-17-35-23-5-9-28-14-21(23)26(34)31-22/h1-6,9-10,14,16,20H,7-8,11-12,15,17H2,(H,29,30,32). The lowest BCUT2D eigenvalue weighted by atomic mass is 10.0. The second-order valence-corrected chi connectivity index (χ2v) is 8.83. The fourth-order valence-electron chi connectivity index (χ4n) is 4.66. The Morgan fingerprint density at radius 2 is 1.91 bits per heavy atom. The van der Waals surface area contributed by atoms with E-state index in [9.17, 15) is 0 Å². The van der Waals surface area contributed by atoms with Gasteiger partial charge in [-0.3, -0.25) is 14.5 Å². The van der Waals surface area contributed by atoms with E-state index in [1.165, 1.54) is 5.56 Å². The molecule has 5 heterocycles. The highest BCUT2D eigenvalue weighted by molar-refractivity contribution is 5.69. The number of anilines is 1. The van der Waals surface area contributed by atoms with Crippen molar-refractivity contribution in [2.45, 2.75) is 32.2 Å². The first kappa shape index (κ1) is 21.3. The van der Waals surface area contributed by atoms with Crippen LogP contribution in [0.25, 0.3) is 22.6 Å². The topological polar surface area (TPSA) is 105 Å². The van der Waals surface area contributed by atoms with Gasteiger partial charge in [0.15, 0.2) is 6.73 Å². The van der Waals surface area contributed by atoms with Gasteiger partial charge in [0.05, 0.1) is 11.3 Å².